The highest BCUT2D eigenvalue weighted by molar-refractivity contribution is 5.79. The summed E-state index contributed by atoms with van der Waals surface area (Å²) in [5, 5.41) is 6.66. The van der Waals surface area contributed by atoms with E-state index >= 15 is 0 Å². The Morgan fingerprint density at radius 3 is 2.60 bits per heavy atom. The summed E-state index contributed by atoms with van der Waals surface area (Å²) in [6.07, 6.45) is 7.07. The van der Waals surface area contributed by atoms with Gasteiger partial charge < -0.3 is 25.0 Å². The predicted octanol–water partition coefficient (Wildman–Crippen LogP) is 2.97. The first kappa shape index (κ1) is 20.3. The number of guanidine groups is 1. The van der Waals surface area contributed by atoms with E-state index in [1.807, 2.05) is 30.5 Å². The number of benzene rings is 1. The van der Waals surface area contributed by atoms with Crippen molar-refractivity contribution in [1.29, 1.82) is 0 Å². The van der Waals surface area contributed by atoms with Crippen LogP contribution >= 0.6 is 0 Å². The van der Waals surface area contributed by atoms with Crippen LogP contribution in [0.4, 0.5) is 5.82 Å². The fourth-order valence-corrected chi connectivity index (χ4v) is 3.79. The Balaban J connectivity index is 1.23. The number of hydrogen-bond donors (Lipinski definition) is 2. The van der Waals surface area contributed by atoms with Crippen LogP contribution in [0.15, 0.2) is 47.6 Å². The standard InChI is InChI=1S/C23H31N5O2/c1-24-23(27-16-19-17-29-20-8-4-5-9-21(20)30-19)26-15-18-10-11-22(25-14-18)28-12-6-2-3-7-13-28/h4-5,8-11,14,19H,2-3,6-7,12-13,15-17H2,1H3,(H2,24,26,27). The molecule has 1 saturated heterocycles. The highest BCUT2D eigenvalue weighted by Gasteiger charge is 2.20. The monoisotopic (exact) mass is 409 g/mol. The van der Waals surface area contributed by atoms with E-state index in [0.717, 1.165) is 41.9 Å². The molecule has 2 aliphatic heterocycles. The average molecular weight is 410 g/mol. The molecule has 1 fully saturated rings. The van der Waals surface area contributed by atoms with E-state index in [2.05, 4.69) is 37.6 Å². The van der Waals surface area contributed by atoms with Crippen LogP contribution in [0.1, 0.15) is 31.2 Å². The van der Waals surface area contributed by atoms with Crippen LogP contribution in [0.2, 0.25) is 0 Å². The van der Waals surface area contributed by atoms with Gasteiger partial charge in [0.25, 0.3) is 0 Å². The quantitative estimate of drug-likeness (QED) is 0.584. The number of nitrogens with one attached hydrogen (secondary N) is 2. The van der Waals surface area contributed by atoms with Crippen molar-refractivity contribution < 1.29 is 9.47 Å². The van der Waals surface area contributed by atoms with Gasteiger partial charge in [-0.3, -0.25) is 4.99 Å². The van der Waals surface area contributed by atoms with Gasteiger partial charge in [-0.1, -0.05) is 31.0 Å². The lowest BCUT2D eigenvalue weighted by Crippen LogP contribution is -2.45. The van der Waals surface area contributed by atoms with Gasteiger partial charge in [-0.25, -0.2) is 4.98 Å². The van der Waals surface area contributed by atoms with Crippen molar-refractivity contribution in [2.45, 2.75) is 38.3 Å². The zero-order valence-electron chi connectivity index (χ0n) is 17.6. The first-order valence-electron chi connectivity index (χ1n) is 10.8. The Bertz CT molecular complexity index is 832. The van der Waals surface area contributed by atoms with Gasteiger partial charge in [0.05, 0.1) is 6.54 Å². The topological polar surface area (TPSA) is 71.0 Å². The summed E-state index contributed by atoms with van der Waals surface area (Å²) in [7, 11) is 1.77. The van der Waals surface area contributed by atoms with Crippen molar-refractivity contribution in [2.24, 2.45) is 4.99 Å². The largest absolute Gasteiger partial charge is 0.486 e. The molecule has 1 atom stereocenters. The number of aromatic nitrogens is 1. The lowest BCUT2D eigenvalue weighted by molar-refractivity contribution is 0.0936. The molecule has 1 unspecified atom stereocenters. The molecule has 2 aromatic rings. The normalized spacial score (nSPS) is 19.2. The third-order valence-electron chi connectivity index (χ3n) is 5.49. The van der Waals surface area contributed by atoms with Crippen molar-refractivity contribution in [3.8, 4) is 11.5 Å². The Hall–Kier alpha value is -2.96. The number of anilines is 1. The lowest BCUT2D eigenvalue weighted by Gasteiger charge is -2.27. The first-order valence-corrected chi connectivity index (χ1v) is 10.8. The third kappa shape index (κ3) is 5.34. The molecule has 2 aliphatic rings. The second-order valence-corrected chi connectivity index (χ2v) is 7.73. The van der Waals surface area contributed by atoms with E-state index < -0.39 is 0 Å². The highest BCUT2D eigenvalue weighted by atomic mass is 16.6. The highest BCUT2D eigenvalue weighted by Crippen LogP contribution is 2.30. The van der Waals surface area contributed by atoms with Gasteiger partial charge >= 0.3 is 0 Å². The summed E-state index contributed by atoms with van der Waals surface area (Å²) >= 11 is 0. The molecular weight excluding hydrogens is 378 g/mol. The summed E-state index contributed by atoms with van der Waals surface area (Å²) in [5.41, 5.74) is 1.13. The molecule has 7 heteroatoms. The summed E-state index contributed by atoms with van der Waals surface area (Å²) in [6.45, 7) is 4.01. The number of aliphatic imine (C=N–C) groups is 1. The van der Waals surface area contributed by atoms with Crippen LogP contribution < -0.4 is 25.0 Å². The summed E-state index contributed by atoms with van der Waals surface area (Å²) < 4.78 is 11.7. The minimum absolute atomic E-state index is 0.0620. The SMILES string of the molecule is CN=C(NCc1ccc(N2CCCCCC2)nc1)NCC1COc2ccccc2O1. The number of rotatable bonds is 5. The van der Waals surface area contributed by atoms with Gasteiger partial charge in [-0.05, 0) is 36.6 Å². The second-order valence-electron chi connectivity index (χ2n) is 7.73. The maximum absolute atomic E-state index is 5.98. The minimum atomic E-state index is -0.0620. The van der Waals surface area contributed by atoms with Gasteiger partial charge in [0.1, 0.15) is 18.5 Å². The summed E-state index contributed by atoms with van der Waals surface area (Å²) in [5.74, 6) is 3.40. The van der Waals surface area contributed by atoms with Gasteiger partial charge in [0.15, 0.2) is 17.5 Å². The zero-order valence-corrected chi connectivity index (χ0v) is 17.6. The molecule has 0 saturated carbocycles. The van der Waals surface area contributed by atoms with Crippen LogP contribution in [0.5, 0.6) is 11.5 Å². The summed E-state index contributed by atoms with van der Waals surface area (Å²) in [4.78, 5) is 11.4. The van der Waals surface area contributed by atoms with Crippen molar-refractivity contribution in [3.63, 3.8) is 0 Å². The van der Waals surface area contributed by atoms with Crippen LogP contribution in [-0.4, -0.2) is 50.3 Å². The number of pyridine rings is 1. The molecule has 160 valence electrons. The average Bonchev–Trinajstić information content (AvgIpc) is 3.09. The molecule has 0 radical (unpaired) electrons. The molecule has 7 nitrogen and oxygen atoms in total. The zero-order chi connectivity index (χ0) is 20.6. The number of hydrogen-bond acceptors (Lipinski definition) is 5. The smallest absolute Gasteiger partial charge is 0.191 e. The van der Waals surface area contributed by atoms with E-state index in [9.17, 15) is 0 Å². The Morgan fingerprint density at radius 2 is 1.87 bits per heavy atom. The van der Waals surface area contributed by atoms with E-state index in [1.54, 1.807) is 7.05 Å². The summed E-state index contributed by atoms with van der Waals surface area (Å²) in [6, 6.07) is 12.0. The van der Waals surface area contributed by atoms with E-state index in [0.29, 0.717) is 19.7 Å². The third-order valence-corrected chi connectivity index (χ3v) is 5.49. The molecule has 0 bridgehead atoms. The van der Waals surface area contributed by atoms with Gasteiger partial charge in [-0.15, -0.1) is 0 Å². The molecule has 2 N–H and O–H groups in total. The number of fused-ring (bicyclic) bond motifs is 1. The maximum atomic E-state index is 5.98. The Morgan fingerprint density at radius 1 is 1.07 bits per heavy atom. The van der Waals surface area contributed by atoms with Crippen LogP contribution in [0, 0.1) is 0 Å². The van der Waals surface area contributed by atoms with E-state index in [1.165, 1.54) is 25.7 Å². The number of nitrogens with zero attached hydrogens (tertiary/aromatic N) is 3. The van der Waals surface area contributed by atoms with Crippen molar-refractivity contribution in [3.05, 3.63) is 48.2 Å². The Kier molecular flexibility index (Phi) is 6.90. The fraction of sp³-hybridized carbons (Fsp3) is 0.478. The number of para-hydroxylation sites is 2. The van der Waals surface area contributed by atoms with Crippen LogP contribution in [0.25, 0.3) is 0 Å². The molecule has 1 aromatic carbocycles. The van der Waals surface area contributed by atoms with Gasteiger partial charge in [0.2, 0.25) is 0 Å². The first-order chi connectivity index (χ1) is 14.8. The molecule has 0 spiro atoms. The molecular formula is C23H31N5O2. The van der Waals surface area contributed by atoms with Crippen LogP contribution in [0.3, 0.4) is 0 Å². The number of ether oxygens (including phenoxy) is 2. The Labute approximate surface area is 178 Å². The fourth-order valence-electron chi connectivity index (χ4n) is 3.79. The molecule has 4 rings (SSSR count). The predicted molar refractivity (Wildman–Crippen MR) is 119 cm³/mol. The molecule has 1 aromatic heterocycles. The van der Waals surface area contributed by atoms with Crippen LogP contribution in [-0.2, 0) is 6.54 Å². The van der Waals surface area contributed by atoms with Gasteiger partial charge in [0, 0.05) is 32.9 Å². The molecule has 0 amide bonds. The van der Waals surface area contributed by atoms with E-state index in [-0.39, 0.29) is 6.10 Å². The molecule has 3 heterocycles. The molecule has 30 heavy (non-hydrogen) atoms. The molecule has 0 aliphatic carbocycles. The van der Waals surface area contributed by atoms with E-state index in [4.69, 9.17) is 9.47 Å². The van der Waals surface area contributed by atoms with Crippen molar-refractivity contribution >= 4 is 11.8 Å². The second kappa shape index (κ2) is 10.2. The maximum Gasteiger partial charge on any atom is 0.191 e. The van der Waals surface area contributed by atoms with Crippen molar-refractivity contribution in [1.82, 2.24) is 15.6 Å². The lowest BCUT2D eigenvalue weighted by atomic mass is 10.2. The van der Waals surface area contributed by atoms with Crippen molar-refractivity contribution in [2.75, 3.05) is 38.2 Å². The van der Waals surface area contributed by atoms with Gasteiger partial charge in [-0.2, -0.15) is 0 Å². The minimum Gasteiger partial charge on any atom is -0.486 e.